The van der Waals surface area contributed by atoms with Crippen LogP contribution < -0.4 is 20.9 Å². The molecule has 8 nitrogen and oxygen atoms in total. The molecule has 0 spiro atoms. The summed E-state index contributed by atoms with van der Waals surface area (Å²) < 4.78 is 11.1. The van der Waals surface area contributed by atoms with E-state index >= 15 is 0 Å². The van der Waals surface area contributed by atoms with Gasteiger partial charge in [-0.1, -0.05) is 0 Å². The first-order chi connectivity index (χ1) is 9.49. The van der Waals surface area contributed by atoms with E-state index in [4.69, 9.17) is 15.2 Å². The summed E-state index contributed by atoms with van der Waals surface area (Å²) >= 11 is 0. The first-order valence-corrected chi connectivity index (χ1v) is 5.55. The lowest BCUT2D eigenvalue weighted by Crippen LogP contribution is -2.20. The molecule has 0 saturated carbocycles. The molecule has 0 aliphatic heterocycles. The molecule has 8 heteroatoms. The molecule has 1 heterocycles. The van der Waals surface area contributed by atoms with Gasteiger partial charge in [0, 0.05) is 6.07 Å². The lowest BCUT2D eigenvalue weighted by atomic mass is 10.2. The number of nitrogens with two attached hydrogens (primary N) is 1. The Morgan fingerprint density at radius 1 is 1.35 bits per heavy atom. The maximum absolute atomic E-state index is 11.9. The van der Waals surface area contributed by atoms with Crippen molar-refractivity contribution in [3.05, 3.63) is 34.4 Å². The van der Waals surface area contributed by atoms with Crippen molar-refractivity contribution < 1.29 is 19.4 Å². The van der Waals surface area contributed by atoms with Crippen LogP contribution in [0, 0.1) is 0 Å². The van der Waals surface area contributed by atoms with Crippen molar-refractivity contribution in [2.24, 2.45) is 0 Å². The second-order valence-electron chi connectivity index (χ2n) is 3.87. The zero-order chi connectivity index (χ0) is 14.9. The molecule has 0 aliphatic carbocycles. The van der Waals surface area contributed by atoms with Crippen molar-refractivity contribution in [2.45, 2.75) is 0 Å². The van der Waals surface area contributed by atoms with Crippen LogP contribution in [-0.2, 0) is 0 Å². The van der Waals surface area contributed by atoms with E-state index in [1.165, 1.54) is 20.3 Å². The standard InChI is InChI=1S/C12H13N3O5/c1-19-6-3-4-8(20-2)7(5-6)15-9(11(16)17)10(13)14-12(15)18/h3-5H,13H2,1-2H3,(H,14,18)(H,16,17). The molecule has 0 aliphatic rings. The Hall–Kier alpha value is -2.90. The van der Waals surface area contributed by atoms with Gasteiger partial charge in [0.2, 0.25) is 0 Å². The Morgan fingerprint density at radius 3 is 2.60 bits per heavy atom. The number of nitrogens with zero attached hydrogens (tertiary/aromatic N) is 1. The fourth-order valence-corrected chi connectivity index (χ4v) is 1.86. The summed E-state index contributed by atoms with van der Waals surface area (Å²) in [6.45, 7) is 0. The molecule has 4 N–H and O–H groups in total. The number of benzene rings is 1. The predicted octanol–water partition coefficient (Wildman–Crippen LogP) is 0.463. The summed E-state index contributed by atoms with van der Waals surface area (Å²) in [7, 11) is 2.87. The quantitative estimate of drug-likeness (QED) is 0.748. The zero-order valence-electron chi connectivity index (χ0n) is 10.8. The van der Waals surface area contributed by atoms with E-state index in [-0.39, 0.29) is 17.2 Å². The zero-order valence-corrected chi connectivity index (χ0v) is 10.8. The van der Waals surface area contributed by atoms with Crippen molar-refractivity contribution in [1.29, 1.82) is 0 Å². The monoisotopic (exact) mass is 279 g/mol. The van der Waals surface area contributed by atoms with Crippen LogP contribution in [-0.4, -0.2) is 34.8 Å². The van der Waals surface area contributed by atoms with Gasteiger partial charge in [0.15, 0.2) is 5.69 Å². The molecule has 0 radical (unpaired) electrons. The summed E-state index contributed by atoms with van der Waals surface area (Å²) in [6, 6.07) is 4.68. The average molecular weight is 279 g/mol. The van der Waals surface area contributed by atoms with Crippen molar-refractivity contribution in [3.8, 4) is 17.2 Å². The summed E-state index contributed by atoms with van der Waals surface area (Å²) in [5.74, 6) is -0.795. The van der Waals surface area contributed by atoms with E-state index in [0.717, 1.165) is 4.57 Å². The topological polar surface area (TPSA) is 120 Å². The second-order valence-corrected chi connectivity index (χ2v) is 3.87. The lowest BCUT2D eigenvalue weighted by molar-refractivity contribution is 0.0689. The molecule has 0 amide bonds. The van der Waals surface area contributed by atoms with Crippen LogP contribution in [0.2, 0.25) is 0 Å². The molecule has 0 saturated heterocycles. The number of ether oxygens (including phenoxy) is 2. The number of nitrogen functional groups attached to an aromatic ring is 1. The Labute approximate surface area is 113 Å². The number of anilines is 1. The van der Waals surface area contributed by atoms with Crippen LogP contribution in [0.15, 0.2) is 23.0 Å². The number of carboxylic acid groups (broad SMARTS) is 1. The fourth-order valence-electron chi connectivity index (χ4n) is 1.86. The fraction of sp³-hybridized carbons (Fsp3) is 0.167. The van der Waals surface area contributed by atoms with E-state index in [2.05, 4.69) is 4.98 Å². The van der Waals surface area contributed by atoms with Gasteiger partial charge in [-0.25, -0.2) is 14.2 Å². The number of hydrogen-bond acceptors (Lipinski definition) is 5. The van der Waals surface area contributed by atoms with Gasteiger partial charge in [-0.2, -0.15) is 0 Å². The van der Waals surface area contributed by atoms with Crippen LogP contribution >= 0.6 is 0 Å². The van der Waals surface area contributed by atoms with Gasteiger partial charge >= 0.3 is 11.7 Å². The maximum atomic E-state index is 11.9. The number of methoxy groups -OCH3 is 2. The number of aromatic nitrogens is 2. The van der Waals surface area contributed by atoms with E-state index < -0.39 is 11.7 Å². The van der Waals surface area contributed by atoms with Crippen LogP contribution in [0.4, 0.5) is 5.82 Å². The number of carbonyl (C=O) groups is 1. The van der Waals surface area contributed by atoms with E-state index in [1.807, 2.05) is 0 Å². The third-order valence-electron chi connectivity index (χ3n) is 2.75. The first kappa shape index (κ1) is 13.5. The molecular formula is C12H13N3O5. The van der Waals surface area contributed by atoms with Gasteiger partial charge < -0.3 is 20.3 Å². The molecular weight excluding hydrogens is 266 g/mol. The van der Waals surface area contributed by atoms with Crippen LogP contribution in [0.1, 0.15) is 10.5 Å². The van der Waals surface area contributed by atoms with E-state index in [9.17, 15) is 14.7 Å². The number of aromatic amines is 1. The normalized spacial score (nSPS) is 10.3. The van der Waals surface area contributed by atoms with Gasteiger partial charge in [0.1, 0.15) is 17.3 Å². The Kier molecular flexibility index (Phi) is 3.38. The van der Waals surface area contributed by atoms with Crippen LogP contribution in [0.5, 0.6) is 11.5 Å². The summed E-state index contributed by atoms with van der Waals surface area (Å²) in [5.41, 5.74) is 4.70. The average Bonchev–Trinajstić information content (AvgIpc) is 2.72. The number of hydrogen-bond donors (Lipinski definition) is 3. The number of rotatable bonds is 4. The van der Waals surface area contributed by atoms with E-state index in [0.29, 0.717) is 11.5 Å². The first-order valence-electron chi connectivity index (χ1n) is 5.55. The maximum Gasteiger partial charge on any atom is 0.356 e. The molecule has 0 bridgehead atoms. The minimum Gasteiger partial charge on any atom is -0.497 e. The molecule has 106 valence electrons. The molecule has 2 rings (SSSR count). The minimum atomic E-state index is -1.33. The molecule has 2 aromatic rings. The summed E-state index contributed by atoms with van der Waals surface area (Å²) in [6.07, 6.45) is 0. The highest BCUT2D eigenvalue weighted by Crippen LogP contribution is 2.28. The highest BCUT2D eigenvalue weighted by molar-refractivity contribution is 5.91. The number of nitrogens with one attached hydrogen (secondary N) is 1. The Morgan fingerprint density at radius 2 is 2.05 bits per heavy atom. The van der Waals surface area contributed by atoms with Gasteiger partial charge in [-0.15, -0.1) is 0 Å². The largest absolute Gasteiger partial charge is 0.497 e. The summed E-state index contributed by atoms with van der Waals surface area (Å²) in [5, 5.41) is 9.18. The number of aromatic carboxylic acids is 1. The SMILES string of the molecule is COc1ccc(OC)c(-n2c(C(=O)O)c(N)[nH]c2=O)c1. The van der Waals surface area contributed by atoms with Gasteiger partial charge in [-0.05, 0) is 12.1 Å². The smallest absolute Gasteiger partial charge is 0.356 e. The minimum absolute atomic E-state index is 0.224. The van der Waals surface area contributed by atoms with Gasteiger partial charge in [0.05, 0.1) is 19.9 Å². The van der Waals surface area contributed by atoms with Gasteiger partial charge in [0.25, 0.3) is 0 Å². The molecule has 20 heavy (non-hydrogen) atoms. The summed E-state index contributed by atoms with van der Waals surface area (Å²) in [4.78, 5) is 25.4. The van der Waals surface area contributed by atoms with Gasteiger partial charge in [-0.3, -0.25) is 4.98 Å². The molecule has 0 atom stereocenters. The lowest BCUT2D eigenvalue weighted by Gasteiger charge is -2.11. The number of imidazole rings is 1. The molecule has 1 aromatic heterocycles. The molecule has 0 fully saturated rings. The number of H-pyrrole nitrogens is 1. The van der Waals surface area contributed by atoms with E-state index in [1.54, 1.807) is 12.1 Å². The third-order valence-corrected chi connectivity index (χ3v) is 2.75. The Balaban J connectivity index is 2.80. The van der Waals surface area contributed by atoms with Crippen molar-refractivity contribution in [3.63, 3.8) is 0 Å². The second kappa shape index (κ2) is 5.00. The predicted molar refractivity (Wildman–Crippen MR) is 70.9 cm³/mol. The number of carboxylic acids is 1. The highest BCUT2D eigenvalue weighted by Gasteiger charge is 2.22. The molecule has 1 aromatic carbocycles. The third kappa shape index (κ3) is 2.07. The van der Waals surface area contributed by atoms with Crippen LogP contribution in [0.3, 0.4) is 0 Å². The van der Waals surface area contributed by atoms with Crippen molar-refractivity contribution >= 4 is 11.8 Å². The Bertz CT molecular complexity index is 716. The van der Waals surface area contributed by atoms with Crippen LogP contribution in [0.25, 0.3) is 5.69 Å². The highest BCUT2D eigenvalue weighted by atomic mass is 16.5. The van der Waals surface area contributed by atoms with Crippen molar-refractivity contribution in [2.75, 3.05) is 20.0 Å². The molecule has 0 unspecified atom stereocenters. The van der Waals surface area contributed by atoms with Crippen molar-refractivity contribution in [1.82, 2.24) is 9.55 Å².